The van der Waals surface area contributed by atoms with E-state index in [9.17, 15) is 19.8 Å². The Labute approximate surface area is 266 Å². The second-order valence-electron chi connectivity index (χ2n) is 13.4. The van der Waals surface area contributed by atoms with E-state index in [4.69, 9.17) is 9.40 Å². The minimum absolute atomic E-state index is 0.115. The molecule has 4 aliphatic rings. The van der Waals surface area contributed by atoms with Crippen molar-refractivity contribution in [1.82, 2.24) is 4.98 Å². The fourth-order valence-corrected chi connectivity index (χ4v) is 9.62. The van der Waals surface area contributed by atoms with Gasteiger partial charge in [-0.25, -0.2) is 9.37 Å². The molecule has 4 aliphatic carbocycles. The number of carbonyl (C=O) groups excluding carboxylic acids is 2. The molecule has 0 bridgehead atoms. The molecule has 0 aliphatic heterocycles. The smallest absolute Gasteiger partial charge is 0.257 e. The fraction of sp³-hybridized carbons (Fsp3) is 0.378. The third kappa shape index (κ3) is 4.18. The summed E-state index contributed by atoms with van der Waals surface area (Å²) in [5.74, 6) is -1.25. The van der Waals surface area contributed by atoms with Gasteiger partial charge in [-0.3, -0.25) is 9.59 Å². The number of carbonyl (C=O) groups is 2. The molecule has 4 unspecified atom stereocenters. The lowest BCUT2D eigenvalue weighted by atomic mass is 9.44. The number of Topliss-reactive ketones (excluding diaryl/α,β-unsaturated/α-hetero) is 1. The highest BCUT2D eigenvalue weighted by atomic mass is 32.2. The number of aliphatic hydroxyl groups is 2. The molecule has 8 heteroatoms. The lowest BCUT2D eigenvalue weighted by Crippen LogP contribution is -2.69. The van der Waals surface area contributed by atoms with Crippen LogP contribution in [0.3, 0.4) is 0 Å². The van der Waals surface area contributed by atoms with Gasteiger partial charge in [-0.1, -0.05) is 97.6 Å². The molecular weight excluding hydrogens is 589 g/mol. The molecule has 1 heterocycles. The van der Waals surface area contributed by atoms with Gasteiger partial charge in [-0.05, 0) is 56.3 Å². The summed E-state index contributed by atoms with van der Waals surface area (Å²) in [4.78, 5) is 30.9. The molecule has 3 saturated carbocycles. The third-order valence-electron chi connectivity index (χ3n) is 11.3. The van der Waals surface area contributed by atoms with Crippen LogP contribution in [0.25, 0.3) is 22.6 Å². The second kappa shape index (κ2) is 10.5. The summed E-state index contributed by atoms with van der Waals surface area (Å²) in [6, 6.07) is 19.3. The molecule has 7 rings (SSSR count). The van der Waals surface area contributed by atoms with Gasteiger partial charge < -0.3 is 14.6 Å². The molecule has 45 heavy (non-hydrogen) atoms. The topological polar surface area (TPSA) is 101 Å². The SMILES string of the molecule is C=C1CC2C3CCC4=CC(=O)C=CC4(C)[C@@]3(F)[C@@H](O)CC2(C)[C@@]1(O)C(=O)CSc1nc(-c2ccccc2)c(-c2ccccc2)o1. The normalized spacial score (nSPS) is 35.4. The Morgan fingerprint density at radius 2 is 1.76 bits per heavy atom. The van der Waals surface area contributed by atoms with Crippen molar-refractivity contribution in [2.24, 2.45) is 22.7 Å². The van der Waals surface area contributed by atoms with E-state index in [1.54, 1.807) is 19.9 Å². The second-order valence-corrected chi connectivity index (χ2v) is 14.3. The monoisotopic (exact) mass is 625 g/mol. The van der Waals surface area contributed by atoms with Crippen molar-refractivity contribution in [1.29, 1.82) is 0 Å². The summed E-state index contributed by atoms with van der Waals surface area (Å²) in [5, 5.41) is 24.2. The minimum atomic E-state index is -2.05. The lowest BCUT2D eigenvalue weighted by molar-refractivity contribution is -0.214. The molecule has 3 aromatic rings. The van der Waals surface area contributed by atoms with Gasteiger partial charge in [0.1, 0.15) is 11.3 Å². The highest BCUT2D eigenvalue weighted by molar-refractivity contribution is 7.99. The molecular formula is C37H36FNO5S. The van der Waals surface area contributed by atoms with Crippen LogP contribution in [0.1, 0.15) is 39.5 Å². The van der Waals surface area contributed by atoms with Gasteiger partial charge in [0, 0.05) is 27.9 Å². The van der Waals surface area contributed by atoms with Gasteiger partial charge in [0.2, 0.25) is 0 Å². The molecule has 0 saturated heterocycles. The molecule has 0 spiro atoms. The van der Waals surface area contributed by atoms with Crippen LogP contribution in [0, 0.1) is 22.7 Å². The fourth-order valence-electron chi connectivity index (χ4n) is 8.86. The Morgan fingerprint density at radius 1 is 1.09 bits per heavy atom. The summed E-state index contributed by atoms with van der Waals surface area (Å²) in [5.41, 5.74) is -2.88. The van der Waals surface area contributed by atoms with E-state index in [1.165, 1.54) is 12.2 Å². The van der Waals surface area contributed by atoms with Crippen molar-refractivity contribution in [2.45, 2.75) is 62.1 Å². The number of halogens is 1. The zero-order chi connectivity index (χ0) is 31.8. The molecule has 6 nitrogen and oxygen atoms in total. The van der Waals surface area contributed by atoms with Crippen molar-refractivity contribution in [3.8, 4) is 22.6 Å². The number of ketones is 2. The summed E-state index contributed by atoms with van der Waals surface area (Å²) in [6.07, 6.45) is 4.10. The molecule has 7 atom stereocenters. The van der Waals surface area contributed by atoms with Gasteiger partial charge in [-0.15, -0.1) is 0 Å². The average molecular weight is 626 g/mol. The van der Waals surface area contributed by atoms with Crippen LogP contribution in [0.4, 0.5) is 4.39 Å². The van der Waals surface area contributed by atoms with Gasteiger partial charge in [0.05, 0.1) is 11.9 Å². The summed E-state index contributed by atoms with van der Waals surface area (Å²) in [7, 11) is 0. The first-order chi connectivity index (χ1) is 21.4. The van der Waals surface area contributed by atoms with E-state index in [2.05, 4.69) is 6.58 Å². The molecule has 1 aromatic heterocycles. The molecule has 3 fully saturated rings. The molecule has 0 amide bonds. The van der Waals surface area contributed by atoms with Crippen LogP contribution >= 0.6 is 11.8 Å². The summed E-state index contributed by atoms with van der Waals surface area (Å²) < 4.78 is 23.7. The van der Waals surface area contributed by atoms with Crippen molar-refractivity contribution in [3.63, 3.8) is 0 Å². The number of nitrogens with zero attached hydrogens (tertiary/aromatic N) is 1. The quantitative estimate of drug-likeness (QED) is 0.226. The van der Waals surface area contributed by atoms with Crippen molar-refractivity contribution >= 4 is 23.3 Å². The number of alkyl halides is 1. The number of hydrogen-bond donors (Lipinski definition) is 2. The zero-order valence-electron chi connectivity index (χ0n) is 25.3. The molecule has 232 valence electrons. The highest BCUT2D eigenvalue weighted by Gasteiger charge is 2.75. The van der Waals surface area contributed by atoms with Gasteiger partial charge in [0.25, 0.3) is 5.22 Å². The Hall–Kier alpha value is -3.59. The summed E-state index contributed by atoms with van der Waals surface area (Å²) >= 11 is 1.10. The molecule has 2 aromatic carbocycles. The van der Waals surface area contributed by atoms with Crippen molar-refractivity contribution in [2.75, 3.05) is 5.75 Å². The first-order valence-electron chi connectivity index (χ1n) is 15.4. The van der Waals surface area contributed by atoms with Crippen molar-refractivity contribution in [3.05, 3.63) is 96.6 Å². The van der Waals surface area contributed by atoms with Crippen molar-refractivity contribution < 1.29 is 28.6 Å². The van der Waals surface area contributed by atoms with Crippen LogP contribution in [-0.4, -0.2) is 49.9 Å². The van der Waals surface area contributed by atoms with Crippen LogP contribution in [0.5, 0.6) is 0 Å². The van der Waals surface area contributed by atoms with E-state index in [-0.39, 0.29) is 24.4 Å². The predicted molar refractivity (Wildman–Crippen MR) is 171 cm³/mol. The maximum absolute atomic E-state index is 17.5. The molecule has 2 N–H and O–H groups in total. The number of hydrogen-bond acceptors (Lipinski definition) is 7. The number of allylic oxidation sites excluding steroid dienone is 4. The van der Waals surface area contributed by atoms with Gasteiger partial charge >= 0.3 is 0 Å². The third-order valence-corrected chi connectivity index (χ3v) is 12.1. The van der Waals surface area contributed by atoms with Gasteiger partial charge in [0.15, 0.2) is 23.0 Å². The maximum atomic E-state index is 17.5. The van der Waals surface area contributed by atoms with Crippen LogP contribution in [0.2, 0.25) is 0 Å². The molecule has 0 radical (unpaired) electrons. The van der Waals surface area contributed by atoms with E-state index in [1.807, 2.05) is 60.7 Å². The van der Waals surface area contributed by atoms with Crippen LogP contribution in [-0.2, 0) is 9.59 Å². The standard InChI is InChI=1S/C37H36FNO5S/c1-22-18-28-27-15-14-25-19-26(40)16-17-34(25,2)36(27,38)29(41)20-35(28,3)37(22,43)30(42)21-45-33-39-31(23-10-6-4-7-11-23)32(44-33)24-12-8-5-9-13-24/h4-13,16-17,19,27-29,41,43H,1,14-15,18,20-21H2,2-3H3/t27?,28?,29-,34?,35?,36-,37-/m0/s1. The minimum Gasteiger partial charge on any atom is -0.431 e. The predicted octanol–water partition coefficient (Wildman–Crippen LogP) is 6.94. The zero-order valence-corrected chi connectivity index (χ0v) is 26.1. The number of fused-ring (bicyclic) bond motifs is 5. The Balaban J connectivity index is 1.18. The Kier molecular flexibility index (Phi) is 7.00. The van der Waals surface area contributed by atoms with E-state index in [0.717, 1.165) is 22.9 Å². The first kappa shape index (κ1) is 30.1. The number of thioether (sulfide) groups is 1. The van der Waals surface area contributed by atoms with E-state index >= 15 is 4.39 Å². The van der Waals surface area contributed by atoms with Gasteiger partial charge in [-0.2, -0.15) is 0 Å². The van der Waals surface area contributed by atoms with Crippen LogP contribution in [0.15, 0.2) is 106 Å². The number of rotatable bonds is 6. The van der Waals surface area contributed by atoms with E-state index in [0.29, 0.717) is 40.7 Å². The average Bonchev–Trinajstić information content (AvgIpc) is 3.55. The Bertz CT molecular complexity index is 1710. The number of benzene rings is 2. The summed E-state index contributed by atoms with van der Waals surface area (Å²) in [6.45, 7) is 7.70. The maximum Gasteiger partial charge on any atom is 0.257 e. The first-order valence-corrected chi connectivity index (χ1v) is 16.4. The number of aliphatic hydroxyl groups excluding tert-OH is 1. The van der Waals surface area contributed by atoms with Crippen LogP contribution < -0.4 is 0 Å². The highest BCUT2D eigenvalue weighted by Crippen LogP contribution is 2.70. The lowest BCUT2D eigenvalue weighted by Gasteiger charge is -2.62. The van der Waals surface area contributed by atoms with E-state index < -0.39 is 45.8 Å². The Morgan fingerprint density at radius 3 is 2.44 bits per heavy atom. The largest absolute Gasteiger partial charge is 0.431 e. The number of aromatic nitrogens is 1. The number of oxazole rings is 1.